The number of carbonyl (C=O) groups excluding carboxylic acids is 1. The van der Waals surface area contributed by atoms with E-state index < -0.39 is 27.8 Å². The molecule has 4 rings (SSSR count). The van der Waals surface area contributed by atoms with Crippen LogP contribution in [0, 0.1) is 36.7 Å². The van der Waals surface area contributed by atoms with E-state index in [2.05, 4.69) is 74.6 Å². The molecule has 8 nitrogen and oxygen atoms in total. The second-order valence-corrected chi connectivity index (χ2v) is 14.9. The topological polar surface area (TPSA) is 142 Å². The summed E-state index contributed by atoms with van der Waals surface area (Å²) in [6.07, 6.45) is 1.28. The number of benzene rings is 4. The number of hydrogen-bond acceptors (Lipinski definition) is 5. The first kappa shape index (κ1) is 47.6. The number of nitriles is 1. The molecule has 1 radical (unpaired) electrons. The van der Waals surface area contributed by atoms with E-state index >= 15 is 0 Å². The molecular formula is C39H36MnNO7P2-. The monoisotopic (exact) mass is 747 g/mol. The molecule has 4 aromatic carbocycles. The van der Waals surface area contributed by atoms with Crippen molar-refractivity contribution in [3.8, 4) is 6.07 Å². The van der Waals surface area contributed by atoms with E-state index in [0.717, 1.165) is 26.3 Å². The summed E-state index contributed by atoms with van der Waals surface area (Å²) < 4.78 is 32.8. The Labute approximate surface area is 308 Å². The molecule has 257 valence electrons. The van der Waals surface area contributed by atoms with Crippen LogP contribution < -0.4 is 26.3 Å². The van der Waals surface area contributed by atoms with Crippen LogP contribution in [0.25, 0.3) is 0 Å². The Balaban J connectivity index is 0. The Morgan fingerprint density at radius 2 is 0.920 bits per heavy atom. The molecule has 0 N–H and O–H groups in total. The minimum Gasteiger partial charge on any atom is 0 e. The summed E-state index contributed by atoms with van der Waals surface area (Å²) >= 11 is 0. The predicted octanol–water partition coefficient (Wildman–Crippen LogP) is 5.93. The fourth-order valence-corrected chi connectivity index (χ4v) is 10.4. The summed E-state index contributed by atoms with van der Waals surface area (Å²) in [5.41, 5.74) is 0.0759. The number of rotatable bonds is 9. The van der Waals surface area contributed by atoms with Gasteiger partial charge in [0.25, 0.3) is 0 Å². The first-order valence-electron chi connectivity index (χ1n) is 14.3. The van der Waals surface area contributed by atoms with Crippen molar-refractivity contribution in [2.45, 2.75) is 20.8 Å². The van der Waals surface area contributed by atoms with Crippen molar-refractivity contribution < 1.29 is 50.4 Å². The molecule has 0 saturated heterocycles. The molecule has 0 atom stereocenters. The molecule has 0 aromatic heterocycles. The molecule has 0 aliphatic rings. The molecule has 0 unspecified atom stereocenters. The standard InChI is InChI=1S/C31H28O4P2.C5H9N.3CO.Mn/c1-34-29(32)23-28(30(33)35-2)31(36(24-15-7-3-8-16-24)25-17-9-4-10-18-25)37(26-19-11-5-12-20-26)27-21-13-6-14-22-27;1-5(2,3)4-6;3*1-2;/h3-23,32H,1-2H3;1-3H3;;;;/p-1/b29-23-;;;;;. The molecular weight excluding hydrogens is 711 g/mol. The third-order valence-electron chi connectivity index (χ3n) is 5.93. The largest absolute Gasteiger partial charge is 0 e. The molecule has 4 aromatic rings. The predicted molar refractivity (Wildman–Crippen MR) is 189 cm³/mol. The zero-order valence-corrected chi connectivity index (χ0v) is 31.2. The van der Waals surface area contributed by atoms with Gasteiger partial charge in [-0.05, 0) is 71.0 Å². The van der Waals surface area contributed by atoms with E-state index in [4.69, 9.17) is 28.7 Å². The smallest absolute Gasteiger partial charge is 0 e. The summed E-state index contributed by atoms with van der Waals surface area (Å²) in [6, 6.07) is 42.6. The molecule has 0 fully saturated rings. The summed E-state index contributed by atoms with van der Waals surface area (Å²) in [5, 5.41) is 25.9. The van der Waals surface area contributed by atoms with Crippen molar-refractivity contribution in [2.24, 2.45) is 5.41 Å². The van der Waals surface area contributed by atoms with Gasteiger partial charge in [0.15, 0.2) is 0 Å². The Morgan fingerprint density at radius 3 is 1.12 bits per heavy atom. The van der Waals surface area contributed by atoms with E-state index in [1.54, 1.807) is 0 Å². The first-order chi connectivity index (χ1) is 23.7. The van der Waals surface area contributed by atoms with Crippen molar-refractivity contribution in [3.63, 3.8) is 0 Å². The molecule has 11 heteroatoms. The van der Waals surface area contributed by atoms with E-state index in [1.807, 2.05) is 93.6 Å². The third kappa shape index (κ3) is 15.8. The van der Waals surface area contributed by atoms with Gasteiger partial charge < -0.3 is 14.6 Å². The van der Waals surface area contributed by atoms with Crippen LogP contribution >= 0.6 is 15.8 Å². The maximum atomic E-state index is 13.4. The van der Waals surface area contributed by atoms with Crippen molar-refractivity contribution in [1.82, 2.24) is 0 Å². The Morgan fingerprint density at radius 1 is 0.660 bits per heavy atom. The van der Waals surface area contributed by atoms with Crippen LogP contribution in [0.4, 0.5) is 0 Å². The molecule has 0 aliphatic heterocycles. The van der Waals surface area contributed by atoms with Gasteiger partial charge in [0.05, 0.1) is 24.7 Å². The molecule has 0 saturated carbocycles. The molecule has 0 spiro atoms. The molecule has 0 bridgehead atoms. The average Bonchev–Trinajstić information content (AvgIpc) is 3.17. The maximum absolute atomic E-state index is 13.4. The Kier molecular flexibility index (Phi) is 26.1. The van der Waals surface area contributed by atoms with Gasteiger partial charge in [-0.3, -0.25) is 0 Å². The van der Waals surface area contributed by atoms with Crippen LogP contribution in [0.2, 0.25) is 0 Å². The minimum absolute atomic E-state index is 0. The third-order valence-corrected chi connectivity index (χ3v) is 11.7. The van der Waals surface area contributed by atoms with Crippen LogP contribution in [-0.2, 0) is 45.3 Å². The summed E-state index contributed by atoms with van der Waals surface area (Å²) in [7, 11) is 0.155. The van der Waals surface area contributed by atoms with Crippen LogP contribution in [0.1, 0.15) is 20.8 Å². The van der Waals surface area contributed by atoms with Crippen molar-refractivity contribution in [3.05, 3.63) is 164 Å². The summed E-state index contributed by atoms with van der Waals surface area (Å²) in [6.45, 7) is 19.1. The second-order valence-electron chi connectivity index (χ2n) is 10.3. The summed E-state index contributed by atoms with van der Waals surface area (Å²) in [5.74, 6) is -1.18. The fraction of sp³-hybridized carbons (Fsp3) is 0.154. The first-order valence-corrected chi connectivity index (χ1v) is 17.0. The van der Waals surface area contributed by atoms with Crippen molar-refractivity contribution in [1.29, 1.82) is 5.26 Å². The van der Waals surface area contributed by atoms with Gasteiger partial charge in [-0.15, -0.1) is 0 Å². The normalized spacial score (nSPS) is 9.72. The number of nitrogens with zero attached hydrogens (tertiary/aromatic N) is 1. The Bertz CT molecular complexity index is 1520. The van der Waals surface area contributed by atoms with Gasteiger partial charge in [-0.1, -0.05) is 121 Å². The average molecular weight is 748 g/mol. The van der Waals surface area contributed by atoms with E-state index in [0.29, 0.717) is 0 Å². The van der Waals surface area contributed by atoms with E-state index in [1.165, 1.54) is 20.3 Å². The Hall–Kier alpha value is -4.48. The van der Waals surface area contributed by atoms with Crippen LogP contribution in [0.15, 0.2) is 144 Å². The number of esters is 1. The minimum atomic E-state index is -1.25. The molecule has 0 amide bonds. The zero-order chi connectivity index (χ0) is 37.2. The number of hydrogen-bond donors (Lipinski definition) is 0. The SMILES string of the molecule is CC(C)(C)C#N.COC(=O)C(/C=C(/[O-])OC)=C(P(c1ccccc1)c1ccccc1)P(c1ccccc1)c1ccccc1.[C-]#[O+].[C-]#[O+].[C-]#[O+].[Mn]. The van der Waals surface area contributed by atoms with Crippen LogP contribution in [0.3, 0.4) is 0 Å². The number of ether oxygens (including phenoxy) is 2. The van der Waals surface area contributed by atoms with Gasteiger partial charge in [0, 0.05) is 27.5 Å². The van der Waals surface area contributed by atoms with Crippen molar-refractivity contribution in [2.75, 3.05) is 14.2 Å². The number of carbonyl (C=O) groups is 1. The molecule has 0 aliphatic carbocycles. The second kappa shape index (κ2) is 27.4. The fourth-order valence-electron chi connectivity index (χ4n) is 3.94. The van der Waals surface area contributed by atoms with Gasteiger partial charge in [-0.2, -0.15) is 5.26 Å². The number of methoxy groups -OCH3 is 2. The van der Waals surface area contributed by atoms with Gasteiger partial charge in [0.1, 0.15) is 0 Å². The molecule has 0 heterocycles. The van der Waals surface area contributed by atoms with E-state index in [9.17, 15) is 9.90 Å². The maximum Gasteiger partial charge on any atom is 0 e. The summed E-state index contributed by atoms with van der Waals surface area (Å²) in [4.78, 5) is 13.4. The quantitative estimate of drug-likeness (QED) is 0.0305. The van der Waals surface area contributed by atoms with Crippen molar-refractivity contribution >= 4 is 43.0 Å². The molecule has 50 heavy (non-hydrogen) atoms. The van der Waals surface area contributed by atoms with Gasteiger partial charge >= 0.3 is 39.9 Å². The van der Waals surface area contributed by atoms with Gasteiger partial charge in [0.2, 0.25) is 0 Å². The van der Waals surface area contributed by atoms with Gasteiger partial charge in [-0.25, -0.2) is 4.79 Å². The van der Waals surface area contributed by atoms with Crippen LogP contribution in [0.5, 0.6) is 0 Å². The van der Waals surface area contributed by atoms with E-state index in [-0.39, 0.29) is 28.1 Å². The van der Waals surface area contributed by atoms with Crippen LogP contribution in [-0.4, -0.2) is 20.2 Å². The zero-order valence-electron chi connectivity index (χ0n) is 28.2.